The molecule has 0 amide bonds. The van der Waals surface area contributed by atoms with Gasteiger partial charge in [-0.2, -0.15) is 0 Å². The molecule has 164 valence electrons. The second kappa shape index (κ2) is 10.2. The van der Waals surface area contributed by atoms with E-state index >= 15 is 4.39 Å². The summed E-state index contributed by atoms with van der Waals surface area (Å²) in [4.78, 5) is 12.1. The SMILES string of the molecule is C=C(C1=C(C)CCCC1(C)C)/C(C)=C(\F)c1ccc(C(=O)OCCCCC)cc1F. The van der Waals surface area contributed by atoms with Crippen molar-refractivity contribution < 1.29 is 18.3 Å². The molecular weight excluding hydrogens is 382 g/mol. The predicted octanol–water partition coefficient (Wildman–Crippen LogP) is 7.96. The second-order valence-electron chi connectivity index (χ2n) is 8.85. The maximum atomic E-state index is 15.2. The highest BCUT2D eigenvalue weighted by Crippen LogP contribution is 2.46. The lowest BCUT2D eigenvalue weighted by atomic mass is 9.69. The third-order valence-electron chi connectivity index (χ3n) is 5.96. The van der Waals surface area contributed by atoms with Crippen molar-refractivity contribution in [2.45, 2.75) is 73.1 Å². The highest BCUT2D eigenvalue weighted by Gasteiger charge is 2.31. The molecule has 0 bridgehead atoms. The number of ether oxygens (including phenoxy) is 1. The van der Waals surface area contributed by atoms with E-state index in [0.29, 0.717) is 17.8 Å². The summed E-state index contributed by atoms with van der Waals surface area (Å²) in [6.45, 7) is 14.5. The third-order valence-corrected chi connectivity index (χ3v) is 5.96. The van der Waals surface area contributed by atoms with Gasteiger partial charge in [-0.25, -0.2) is 13.6 Å². The van der Waals surface area contributed by atoms with Gasteiger partial charge in [0, 0.05) is 5.56 Å². The fourth-order valence-corrected chi connectivity index (χ4v) is 4.23. The predicted molar refractivity (Wildman–Crippen MR) is 119 cm³/mol. The molecule has 0 spiro atoms. The number of carbonyl (C=O) groups excluding carboxylic acids is 1. The summed E-state index contributed by atoms with van der Waals surface area (Å²) in [5.74, 6) is -2.02. The van der Waals surface area contributed by atoms with Crippen molar-refractivity contribution in [1.29, 1.82) is 0 Å². The smallest absolute Gasteiger partial charge is 0.338 e. The van der Waals surface area contributed by atoms with Crippen LogP contribution in [0.2, 0.25) is 0 Å². The van der Waals surface area contributed by atoms with Crippen LogP contribution in [0.5, 0.6) is 0 Å². The van der Waals surface area contributed by atoms with Crippen LogP contribution in [-0.2, 0) is 4.74 Å². The minimum atomic E-state index is -0.781. The molecule has 0 N–H and O–H groups in total. The molecule has 0 fully saturated rings. The van der Waals surface area contributed by atoms with Crippen molar-refractivity contribution >= 4 is 11.8 Å². The van der Waals surface area contributed by atoms with E-state index in [1.54, 1.807) is 6.92 Å². The van der Waals surface area contributed by atoms with Gasteiger partial charge in [-0.1, -0.05) is 45.8 Å². The number of halogens is 2. The normalized spacial score (nSPS) is 16.9. The molecule has 2 nitrogen and oxygen atoms in total. The van der Waals surface area contributed by atoms with Crippen molar-refractivity contribution in [3.8, 4) is 0 Å². The summed E-state index contributed by atoms with van der Waals surface area (Å²) >= 11 is 0. The lowest BCUT2D eigenvalue weighted by Gasteiger charge is -2.36. The first-order chi connectivity index (χ1) is 14.1. The number of allylic oxidation sites excluding steroid dienone is 4. The number of hydrogen-bond acceptors (Lipinski definition) is 2. The summed E-state index contributed by atoms with van der Waals surface area (Å²) in [5, 5.41) is 0. The Balaban J connectivity index is 2.27. The highest BCUT2D eigenvalue weighted by atomic mass is 19.1. The Kier molecular flexibility index (Phi) is 8.17. The van der Waals surface area contributed by atoms with Gasteiger partial charge < -0.3 is 4.74 Å². The van der Waals surface area contributed by atoms with Gasteiger partial charge in [-0.3, -0.25) is 0 Å². The Morgan fingerprint density at radius 3 is 2.57 bits per heavy atom. The third kappa shape index (κ3) is 5.47. The van der Waals surface area contributed by atoms with Crippen LogP contribution in [0.3, 0.4) is 0 Å². The summed E-state index contributed by atoms with van der Waals surface area (Å²) in [6, 6.07) is 3.75. The number of esters is 1. The zero-order valence-electron chi connectivity index (χ0n) is 19.0. The zero-order chi connectivity index (χ0) is 22.5. The maximum Gasteiger partial charge on any atom is 0.338 e. The molecule has 1 aliphatic carbocycles. The Morgan fingerprint density at radius 1 is 1.27 bits per heavy atom. The van der Waals surface area contributed by atoms with Gasteiger partial charge in [0.05, 0.1) is 12.2 Å². The van der Waals surface area contributed by atoms with Crippen LogP contribution < -0.4 is 0 Å². The van der Waals surface area contributed by atoms with E-state index in [9.17, 15) is 9.18 Å². The van der Waals surface area contributed by atoms with E-state index in [4.69, 9.17) is 4.74 Å². The number of rotatable bonds is 8. The van der Waals surface area contributed by atoms with E-state index in [0.717, 1.165) is 50.2 Å². The van der Waals surface area contributed by atoms with Crippen molar-refractivity contribution in [2.75, 3.05) is 6.61 Å². The van der Waals surface area contributed by atoms with E-state index in [1.165, 1.54) is 17.7 Å². The van der Waals surface area contributed by atoms with Gasteiger partial charge in [0.1, 0.15) is 11.6 Å². The van der Waals surface area contributed by atoms with Gasteiger partial charge in [-0.15, -0.1) is 0 Å². The molecule has 0 saturated carbocycles. The van der Waals surface area contributed by atoms with E-state index in [1.807, 2.05) is 0 Å². The van der Waals surface area contributed by atoms with Crippen molar-refractivity contribution in [2.24, 2.45) is 5.41 Å². The molecule has 0 heterocycles. The van der Waals surface area contributed by atoms with Crippen LogP contribution in [0.25, 0.3) is 5.83 Å². The fraction of sp³-hybridized carbons (Fsp3) is 0.500. The van der Waals surface area contributed by atoms with Crippen LogP contribution in [-0.4, -0.2) is 12.6 Å². The van der Waals surface area contributed by atoms with Crippen LogP contribution in [0.4, 0.5) is 8.78 Å². The van der Waals surface area contributed by atoms with E-state index in [-0.39, 0.29) is 16.5 Å². The minimum Gasteiger partial charge on any atom is -0.462 e. The highest BCUT2D eigenvalue weighted by molar-refractivity contribution is 5.90. The van der Waals surface area contributed by atoms with E-state index in [2.05, 4.69) is 34.3 Å². The molecule has 0 atom stereocenters. The van der Waals surface area contributed by atoms with Gasteiger partial charge in [0.25, 0.3) is 0 Å². The second-order valence-corrected chi connectivity index (χ2v) is 8.85. The molecular formula is C26H34F2O2. The average molecular weight is 417 g/mol. The Hall–Kier alpha value is -2.23. The zero-order valence-corrected chi connectivity index (χ0v) is 19.0. The summed E-state index contributed by atoms with van der Waals surface area (Å²) < 4.78 is 35.1. The number of benzene rings is 1. The Morgan fingerprint density at radius 2 is 1.97 bits per heavy atom. The fourth-order valence-electron chi connectivity index (χ4n) is 4.23. The van der Waals surface area contributed by atoms with Gasteiger partial charge in [0.15, 0.2) is 0 Å². The number of unbranched alkanes of at least 4 members (excludes halogenated alkanes) is 2. The molecule has 30 heavy (non-hydrogen) atoms. The summed E-state index contributed by atoms with van der Waals surface area (Å²) in [5.41, 5.74) is 3.05. The summed E-state index contributed by atoms with van der Waals surface area (Å²) in [6.07, 6.45) is 5.84. The minimum absolute atomic E-state index is 0.0870. The largest absolute Gasteiger partial charge is 0.462 e. The molecule has 0 saturated heterocycles. The Labute approximate surface area is 179 Å². The topological polar surface area (TPSA) is 26.3 Å². The van der Waals surface area contributed by atoms with Crippen LogP contribution in [0, 0.1) is 11.2 Å². The monoisotopic (exact) mass is 416 g/mol. The molecule has 1 aliphatic rings. The molecule has 4 heteroatoms. The van der Waals surface area contributed by atoms with Gasteiger partial charge in [-0.05, 0) is 79.9 Å². The van der Waals surface area contributed by atoms with Crippen molar-refractivity contribution in [3.05, 3.63) is 64.0 Å². The maximum absolute atomic E-state index is 15.2. The van der Waals surface area contributed by atoms with Gasteiger partial charge in [0.2, 0.25) is 0 Å². The molecule has 0 radical (unpaired) electrons. The molecule has 0 aromatic heterocycles. The first kappa shape index (κ1) is 24.0. The number of hydrogen-bond donors (Lipinski definition) is 0. The standard InChI is InChI=1S/C26H34F2O2/c1-7-8-9-15-30-25(29)20-12-13-21(22(27)16-20)24(28)19(4)18(3)23-17(2)11-10-14-26(23,5)6/h12-13,16H,3,7-11,14-15H2,1-2,4-6H3/b24-19-. The lowest BCUT2D eigenvalue weighted by molar-refractivity contribution is 0.0497. The average Bonchev–Trinajstić information content (AvgIpc) is 2.69. The summed E-state index contributed by atoms with van der Waals surface area (Å²) in [7, 11) is 0. The van der Waals surface area contributed by atoms with Crippen LogP contribution in [0.15, 0.2) is 47.1 Å². The molecule has 0 unspecified atom stereocenters. The molecule has 2 rings (SSSR count). The quantitative estimate of drug-likeness (QED) is 0.244. The first-order valence-electron chi connectivity index (χ1n) is 10.8. The first-order valence-corrected chi connectivity index (χ1v) is 10.8. The lowest BCUT2D eigenvalue weighted by Crippen LogP contribution is -2.22. The van der Waals surface area contributed by atoms with Gasteiger partial charge >= 0.3 is 5.97 Å². The molecule has 0 aliphatic heterocycles. The van der Waals surface area contributed by atoms with Crippen molar-refractivity contribution in [1.82, 2.24) is 0 Å². The molecule has 1 aromatic rings. The van der Waals surface area contributed by atoms with Crippen LogP contribution >= 0.6 is 0 Å². The molecule has 1 aromatic carbocycles. The van der Waals surface area contributed by atoms with Crippen LogP contribution in [0.1, 0.15) is 89.1 Å². The number of carbonyl (C=O) groups is 1. The van der Waals surface area contributed by atoms with Crippen molar-refractivity contribution in [3.63, 3.8) is 0 Å². The van der Waals surface area contributed by atoms with E-state index < -0.39 is 17.6 Å². The Bertz CT molecular complexity index is 875.